The fourth-order valence-electron chi connectivity index (χ4n) is 1.67. The highest BCUT2D eigenvalue weighted by Crippen LogP contribution is 2.00. The van der Waals surface area contributed by atoms with E-state index in [1.54, 1.807) is 0 Å². The molecule has 0 saturated heterocycles. The Morgan fingerprint density at radius 1 is 1.50 bits per heavy atom. The molecule has 92 valence electrons. The summed E-state index contributed by atoms with van der Waals surface area (Å²) in [6.45, 7) is 9.77. The number of hydrogen-bond acceptors (Lipinski definition) is 3. The first-order valence-electron chi connectivity index (χ1n) is 6.10. The smallest absolute Gasteiger partial charge is 0.0671 e. The average molecular weight is 225 g/mol. The number of aromatic nitrogens is 2. The zero-order valence-electron chi connectivity index (χ0n) is 10.6. The maximum absolute atomic E-state index is 5.45. The fourth-order valence-corrected chi connectivity index (χ4v) is 1.67. The number of nitrogens with one attached hydrogen (secondary N) is 1. The zero-order valence-corrected chi connectivity index (χ0v) is 10.6. The van der Waals surface area contributed by atoms with Gasteiger partial charge in [-0.15, -0.1) is 0 Å². The molecule has 0 aliphatic heterocycles. The first-order valence-corrected chi connectivity index (χ1v) is 6.10. The Bertz CT molecular complexity index is 286. The molecule has 0 aliphatic rings. The Morgan fingerprint density at radius 3 is 3.00 bits per heavy atom. The molecule has 4 heteroatoms. The Hall–Kier alpha value is -0.870. The second-order valence-corrected chi connectivity index (χ2v) is 3.94. The monoisotopic (exact) mass is 225 g/mol. The standard InChI is InChI=1S/C12H23N3O/c1-4-8-15-12(6-7-14-15)10-13-9-11(3)16-5-2/h6-7,11,13H,4-5,8-10H2,1-3H3. The van der Waals surface area contributed by atoms with Crippen molar-refractivity contribution >= 4 is 0 Å². The molecule has 1 aromatic rings. The van der Waals surface area contributed by atoms with E-state index >= 15 is 0 Å². The van der Waals surface area contributed by atoms with Crippen molar-refractivity contribution in [2.45, 2.75) is 46.4 Å². The van der Waals surface area contributed by atoms with Crippen molar-refractivity contribution < 1.29 is 4.74 Å². The van der Waals surface area contributed by atoms with E-state index in [0.717, 1.165) is 32.7 Å². The molecule has 1 N–H and O–H groups in total. The van der Waals surface area contributed by atoms with Crippen molar-refractivity contribution in [3.63, 3.8) is 0 Å². The van der Waals surface area contributed by atoms with Crippen molar-refractivity contribution in [2.24, 2.45) is 0 Å². The summed E-state index contributed by atoms with van der Waals surface area (Å²) in [6.07, 6.45) is 3.25. The van der Waals surface area contributed by atoms with Crippen LogP contribution in [0.3, 0.4) is 0 Å². The molecule has 1 unspecified atom stereocenters. The third-order valence-electron chi connectivity index (χ3n) is 2.43. The molecule has 0 bridgehead atoms. The molecule has 0 fully saturated rings. The van der Waals surface area contributed by atoms with Gasteiger partial charge in [0.2, 0.25) is 0 Å². The van der Waals surface area contributed by atoms with Crippen LogP contribution in [0.25, 0.3) is 0 Å². The molecule has 1 atom stereocenters. The van der Waals surface area contributed by atoms with E-state index in [2.05, 4.69) is 35.0 Å². The summed E-state index contributed by atoms with van der Waals surface area (Å²) in [6, 6.07) is 2.06. The maximum Gasteiger partial charge on any atom is 0.0671 e. The van der Waals surface area contributed by atoms with Crippen LogP contribution in [0.1, 0.15) is 32.9 Å². The van der Waals surface area contributed by atoms with E-state index in [4.69, 9.17) is 4.74 Å². The van der Waals surface area contributed by atoms with E-state index in [0.29, 0.717) is 0 Å². The van der Waals surface area contributed by atoms with Crippen LogP contribution in [0.15, 0.2) is 12.3 Å². The second-order valence-electron chi connectivity index (χ2n) is 3.94. The second kappa shape index (κ2) is 7.41. The summed E-state index contributed by atoms with van der Waals surface area (Å²) < 4.78 is 7.51. The van der Waals surface area contributed by atoms with Crippen molar-refractivity contribution in [1.82, 2.24) is 15.1 Å². The zero-order chi connectivity index (χ0) is 11.8. The highest BCUT2D eigenvalue weighted by Gasteiger charge is 2.03. The predicted molar refractivity (Wildman–Crippen MR) is 65.3 cm³/mol. The van der Waals surface area contributed by atoms with E-state index in [1.165, 1.54) is 5.69 Å². The van der Waals surface area contributed by atoms with Crippen LogP contribution in [0.2, 0.25) is 0 Å². The van der Waals surface area contributed by atoms with Gasteiger partial charge in [0.05, 0.1) is 11.8 Å². The van der Waals surface area contributed by atoms with Crippen LogP contribution in [0, 0.1) is 0 Å². The third-order valence-corrected chi connectivity index (χ3v) is 2.43. The van der Waals surface area contributed by atoms with Crippen molar-refractivity contribution in [1.29, 1.82) is 0 Å². The molecular weight excluding hydrogens is 202 g/mol. The number of aryl methyl sites for hydroxylation is 1. The largest absolute Gasteiger partial charge is 0.377 e. The summed E-state index contributed by atoms with van der Waals surface area (Å²) in [7, 11) is 0. The Kier molecular flexibility index (Phi) is 6.11. The lowest BCUT2D eigenvalue weighted by Crippen LogP contribution is -2.27. The first-order chi connectivity index (χ1) is 7.77. The topological polar surface area (TPSA) is 39.1 Å². The molecule has 16 heavy (non-hydrogen) atoms. The number of ether oxygens (including phenoxy) is 1. The Morgan fingerprint density at radius 2 is 2.31 bits per heavy atom. The lowest BCUT2D eigenvalue weighted by Gasteiger charge is -2.13. The van der Waals surface area contributed by atoms with Gasteiger partial charge in [0, 0.05) is 32.4 Å². The van der Waals surface area contributed by atoms with Gasteiger partial charge < -0.3 is 10.1 Å². The van der Waals surface area contributed by atoms with Crippen LogP contribution in [0.5, 0.6) is 0 Å². The van der Waals surface area contributed by atoms with E-state index < -0.39 is 0 Å². The maximum atomic E-state index is 5.45. The van der Waals surface area contributed by atoms with Crippen LogP contribution >= 0.6 is 0 Å². The van der Waals surface area contributed by atoms with Crippen LogP contribution in [-0.2, 0) is 17.8 Å². The van der Waals surface area contributed by atoms with Gasteiger partial charge in [-0.25, -0.2) is 0 Å². The Balaban J connectivity index is 2.28. The summed E-state index contributed by atoms with van der Waals surface area (Å²) in [5.41, 5.74) is 1.24. The highest BCUT2D eigenvalue weighted by molar-refractivity contribution is 4.99. The average Bonchev–Trinajstić information content (AvgIpc) is 2.67. The quantitative estimate of drug-likeness (QED) is 0.733. The summed E-state index contributed by atoms with van der Waals surface area (Å²) in [5, 5.41) is 7.67. The highest BCUT2D eigenvalue weighted by atomic mass is 16.5. The fraction of sp³-hybridized carbons (Fsp3) is 0.750. The number of hydrogen-bond donors (Lipinski definition) is 1. The van der Waals surface area contributed by atoms with Gasteiger partial charge in [0.1, 0.15) is 0 Å². The minimum atomic E-state index is 0.271. The van der Waals surface area contributed by atoms with Crippen molar-refractivity contribution in [3.8, 4) is 0 Å². The van der Waals surface area contributed by atoms with Gasteiger partial charge in [-0.3, -0.25) is 4.68 Å². The van der Waals surface area contributed by atoms with Crippen molar-refractivity contribution in [3.05, 3.63) is 18.0 Å². The molecular formula is C12H23N3O. The molecule has 1 aromatic heterocycles. The molecule has 0 amide bonds. The van der Waals surface area contributed by atoms with Gasteiger partial charge in [-0.1, -0.05) is 6.92 Å². The minimum absolute atomic E-state index is 0.271. The van der Waals surface area contributed by atoms with Gasteiger partial charge in [-0.05, 0) is 26.3 Å². The summed E-state index contributed by atoms with van der Waals surface area (Å²) >= 11 is 0. The normalized spacial score (nSPS) is 12.9. The lowest BCUT2D eigenvalue weighted by atomic mass is 10.3. The van der Waals surface area contributed by atoms with Gasteiger partial charge in [-0.2, -0.15) is 5.10 Å². The van der Waals surface area contributed by atoms with E-state index in [1.807, 2.05) is 13.1 Å². The minimum Gasteiger partial charge on any atom is -0.377 e. The van der Waals surface area contributed by atoms with Crippen LogP contribution in [-0.4, -0.2) is 29.0 Å². The SMILES string of the molecule is CCCn1nccc1CNCC(C)OCC. The summed E-state index contributed by atoms with van der Waals surface area (Å²) in [5.74, 6) is 0. The summed E-state index contributed by atoms with van der Waals surface area (Å²) in [4.78, 5) is 0. The molecule has 0 aromatic carbocycles. The molecule has 0 radical (unpaired) electrons. The van der Waals surface area contributed by atoms with E-state index in [9.17, 15) is 0 Å². The molecule has 0 spiro atoms. The van der Waals surface area contributed by atoms with Gasteiger partial charge in [0.15, 0.2) is 0 Å². The number of nitrogens with zero attached hydrogens (tertiary/aromatic N) is 2. The molecule has 0 saturated carbocycles. The van der Waals surface area contributed by atoms with Crippen LogP contribution in [0.4, 0.5) is 0 Å². The van der Waals surface area contributed by atoms with Gasteiger partial charge >= 0.3 is 0 Å². The van der Waals surface area contributed by atoms with Crippen LogP contribution < -0.4 is 5.32 Å². The predicted octanol–water partition coefficient (Wildman–Crippen LogP) is 1.81. The molecule has 4 nitrogen and oxygen atoms in total. The Labute approximate surface area is 98.0 Å². The third kappa shape index (κ3) is 4.33. The van der Waals surface area contributed by atoms with Crippen molar-refractivity contribution in [2.75, 3.05) is 13.2 Å². The molecule has 0 aliphatic carbocycles. The van der Waals surface area contributed by atoms with E-state index in [-0.39, 0.29) is 6.10 Å². The lowest BCUT2D eigenvalue weighted by molar-refractivity contribution is 0.0758. The van der Waals surface area contributed by atoms with Gasteiger partial charge in [0.25, 0.3) is 0 Å². The first kappa shape index (κ1) is 13.2. The number of rotatable bonds is 8. The molecule has 1 heterocycles. The molecule has 1 rings (SSSR count).